The van der Waals surface area contributed by atoms with Crippen LogP contribution in [-0.4, -0.2) is 22.6 Å². The highest BCUT2D eigenvalue weighted by atomic mass is 35.5. The number of halogens is 2. The fraction of sp³-hybridized carbons (Fsp3) is 0.300. The molecule has 0 radical (unpaired) electrons. The van der Waals surface area contributed by atoms with Crippen LogP contribution >= 0.6 is 23.2 Å². The van der Waals surface area contributed by atoms with Gasteiger partial charge in [-0.3, -0.25) is 9.59 Å². The van der Waals surface area contributed by atoms with Gasteiger partial charge in [-0.15, -0.1) is 0 Å². The first-order valence-corrected chi connectivity index (χ1v) is 9.22. The van der Waals surface area contributed by atoms with Crippen molar-refractivity contribution in [1.82, 2.24) is 0 Å². The van der Waals surface area contributed by atoms with Crippen LogP contribution in [0.1, 0.15) is 46.4 Å². The lowest BCUT2D eigenvalue weighted by Gasteiger charge is -2.47. The lowest BCUT2D eigenvalue weighted by Crippen LogP contribution is -2.74. The molecule has 0 bridgehead atoms. The third-order valence-electron chi connectivity index (χ3n) is 5.21. The van der Waals surface area contributed by atoms with Gasteiger partial charge >= 0.3 is 0 Å². The monoisotopic (exact) mass is 390 g/mol. The van der Waals surface area contributed by atoms with Crippen molar-refractivity contribution in [2.24, 2.45) is 11.5 Å². The SMILES string of the molecule is N[C@]1(C(=O)c2ccc(Cl)cc2)CCCC[C@]1(N)C(=O)c1ccc(Cl)cc1. The summed E-state index contributed by atoms with van der Waals surface area (Å²) in [5.74, 6) is -0.669. The van der Waals surface area contributed by atoms with E-state index in [1.54, 1.807) is 48.5 Å². The largest absolute Gasteiger partial charge is 0.317 e. The van der Waals surface area contributed by atoms with Gasteiger partial charge in [-0.1, -0.05) is 36.0 Å². The zero-order valence-corrected chi connectivity index (χ0v) is 15.7. The second-order valence-electron chi connectivity index (χ2n) is 6.82. The smallest absolute Gasteiger partial charge is 0.185 e. The lowest BCUT2D eigenvalue weighted by molar-refractivity contribution is 0.0586. The predicted molar refractivity (Wildman–Crippen MR) is 104 cm³/mol. The van der Waals surface area contributed by atoms with E-state index in [1.165, 1.54) is 0 Å². The summed E-state index contributed by atoms with van der Waals surface area (Å²) < 4.78 is 0. The van der Waals surface area contributed by atoms with Crippen molar-refractivity contribution in [3.8, 4) is 0 Å². The summed E-state index contributed by atoms with van der Waals surface area (Å²) >= 11 is 11.8. The average Bonchev–Trinajstić information content (AvgIpc) is 2.64. The number of ketones is 2. The summed E-state index contributed by atoms with van der Waals surface area (Å²) in [6.07, 6.45) is 2.18. The molecular formula is C20H20Cl2N2O2. The van der Waals surface area contributed by atoms with Crippen LogP contribution in [0.15, 0.2) is 48.5 Å². The van der Waals surface area contributed by atoms with Gasteiger partial charge in [0.15, 0.2) is 11.6 Å². The fourth-order valence-corrected chi connectivity index (χ4v) is 3.86. The molecule has 0 heterocycles. The van der Waals surface area contributed by atoms with Gasteiger partial charge in [0.1, 0.15) is 11.1 Å². The Balaban J connectivity index is 2.02. The molecule has 2 atom stereocenters. The summed E-state index contributed by atoms with van der Waals surface area (Å²) in [5, 5.41) is 1.04. The van der Waals surface area contributed by atoms with Crippen molar-refractivity contribution >= 4 is 34.8 Å². The minimum absolute atomic E-state index is 0.335. The third-order valence-corrected chi connectivity index (χ3v) is 5.72. The van der Waals surface area contributed by atoms with Gasteiger partial charge in [-0.2, -0.15) is 0 Å². The molecule has 4 nitrogen and oxygen atoms in total. The molecule has 6 heteroatoms. The van der Waals surface area contributed by atoms with E-state index in [4.69, 9.17) is 34.7 Å². The summed E-state index contributed by atoms with van der Waals surface area (Å²) in [5.41, 5.74) is 11.0. The Hall–Kier alpha value is -1.72. The molecule has 0 spiro atoms. The topological polar surface area (TPSA) is 86.2 Å². The minimum Gasteiger partial charge on any atom is -0.317 e. The molecule has 1 fully saturated rings. The van der Waals surface area contributed by atoms with E-state index in [-0.39, 0.29) is 11.6 Å². The van der Waals surface area contributed by atoms with Crippen molar-refractivity contribution in [2.75, 3.05) is 0 Å². The first-order chi connectivity index (χ1) is 12.3. The first-order valence-electron chi connectivity index (χ1n) is 8.46. The summed E-state index contributed by atoms with van der Waals surface area (Å²) in [4.78, 5) is 26.4. The molecule has 26 heavy (non-hydrogen) atoms. The number of rotatable bonds is 4. The Labute approximate surface area is 162 Å². The maximum absolute atomic E-state index is 13.2. The van der Waals surface area contributed by atoms with Crippen molar-refractivity contribution in [2.45, 2.75) is 36.8 Å². The molecule has 2 aromatic rings. The molecule has 0 aromatic heterocycles. The summed E-state index contributed by atoms with van der Waals surface area (Å²) in [6, 6.07) is 12.9. The van der Waals surface area contributed by atoms with Crippen molar-refractivity contribution in [1.29, 1.82) is 0 Å². The van der Waals surface area contributed by atoms with Crippen LogP contribution in [0.3, 0.4) is 0 Å². The summed E-state index contributed by atoms with van der Waals surface area (Å²) in [7, 11) is 0. The normalized spacial score (nSPS) is 25.7. The molecule has 1 aliphatic carbocycles. The van der Waals surface area contributed by atoms with Crippen LogP contribution in [0.2, 0.25) is 10.0 Å². The first kappa shape index (κ1) is 19.1. The number of carbonyl (C=O) groups excluding carboxylic acids is 2. The second kappa shape index (κ2) is 7.12. The Kier molecular flexibility index (Phi) is 5.22. The number of Topliss-reactive ketones (excluding diaryl/α,β-unsaturated/α-hetero) is 2. The molecule has 0 saturated heterocycles. The van der Waals surface area contributed by atoms with E-state index in [9.17, 15) is 9.59 Å². The highest BCUT2D eigenvalue weighted by molar-refractivity contribution is 6.31. The van der Waals surface area contributed by atoms with E-state index < -0.39 is 11.1 Å². The molecule has 136 valence electrons. The molecule has 0 unspecified atom stereocenters. The van der Waals surface area contributed by atoms with Crippen molar-refractivity contribution < 1.29 is 9.59 Å². The second-order valence-corrected chi connectivity index (χ2v) is 7.69. The Morgan fingerprint density at radius 3 is 1.31 bits per heavy atom. The van der Waals surface area contributed by atoms with Crippen molar-refractivity contribution in [3.63, 3.8) is 0 Å². The minimum atomic E-state index is -1.48. The van der Waals surface area contributed by atoms with Gasteiger partial charge in [0.25, 0.3) is 0 Å². The summed E-state index contributed by atoms with van der Waals surface area (Å²) in [6.45, 7) is 0. The average molecular weight is 391 g/mol. The van der Waals surface area contributed by atoms with Crippen LogP contribution in [0, 0.1) is 0 Å². The Bertz CT molecular complexity index is 764. The maximum atomic E-state index is 13.2. The molecule has 3 rings (SSSR count). The Morgan fingerprint density at radius 2 is 1.00 bits per heavy atom. The zero-order valence-electron chi connectivity index (χ0n) is 14.2. The number of hydrogen-bond donors (Lipinski definition) is 2. The molecule has 1 saturated carbocycles. The molecule has 0 aliphatic heterocycles. The Morgan fingerprint density at radius 1 is 0.692 bits per heavy atom. The third kappa shape index (κ3) is 3.19. The van der Waals surface area contributed by atoms with Gasteiger partial charge in [0.05, 0.1) is 0 Å². The molecule has 4 N–H and O–H groups in total. The quantitative estimate of drug-likeness (QED) is 0.771. The number of carbonyl (C=O) groups is 2. The van der Waals surface area contributed by atoms with Crippen LogP contribution < -0.4 is 11.5 Å². The predicted octanol–water partition coefficient (Wildman–Crippen LogP) is 4.03. The van der Waals surface area contributed by atoms with Gasteiger partial charge in [-0.05, 0) is 61.4 Å². The number of hydrogen-bond acceptors (Lipinski definition) is 4. The van der Waals surface area contributed by atoms with E-state index in [1.807, 2.05) is 0 Å². The molecular weight excluding hydrogens is 371 g/mol. The molecule has 2 aromatic carbocycles. The number of nitrogens with two attached hydrogens (primary N) is 2. The van der Waals surface area contributed by atoms with Gasteiger partial charge in [0.2, 0.25) is 0 Å². The fourth-order valence-electron chi connectivity index (χ4n) is 3.60. The maximum Gasteiger partial charge on any atom is 0.185 e. The van der Waals surface area contributed by atoms with Gasteiger partial charge < -0.3 is 11.5 Å². The number of benzene rings is 2. The lowest BCUT2D eigenvalue weighted by atomic mass is 9.62. The molecule has 0 amide bonds. The van der Waals surface area contributed by atoms with Gasteiger partial charge in [-0.25, -0.2) is 0 Å². The van der Waals surface area contributed by atoms with Crippen LogP contribution in [0.4, 0.5) is 0 Å². The van der Waals surface area contributed by atoms with Crippen LogP contribution in [0.25, 0.3) is 0 Å². The van der Waals surface area contributed by atoms with E-state index >= 15 is 0 Å². The van der Waals surface area contributed by atoms with E-state index in [0.29, 0.717) is 34.0 Å². The zero-order chi connectivity index (χ0) is 18.9. The van der Waals surface area contributed by atoms with Gasteiger partial charge in [0, 0.05) is 21.2 Å². The van der Waals surface area contributed by atoms with Crippen LogP contribution in [0.5, 0.6) is 0 Å². The highest BCUT2D eigenvalue weighted by Gasteiger charge is 2.57. The van der Waals surface area contributed by atoms with E-state index in [0.717, 1.165) is 12.8 Å². The van der Waals surface area contributed by atoms with Crippen LogP contribution in [-0.2, 0) is 0 Å². The van der Waals surface area contributed by atoms with Crippen molar-refractivity contribution in [3.05, 3.63) is 69.7 Å². The molecule has 1 aliphatic rings. The highest BCUT2D eigenvalue weighted by Crippen LogP contribution is 2.38. The standard InChI is InChI=1S/C20H20Cl2N2O2/c21-15-7-3-13(4-8-15)17(25)19(23)11-1-2-12-20(19,24)18(26)14-5-9-16(22)10-6-14/h3-10H,1-2,11-12,23-24H2/t19-,20-/m0/s1. The van der Waals surface area contributed by atoms with E-state index in [2.05, 4.69) is 0 Å².